The van der Waals surface area contributed by atoms with Gasteiger partial charge in [-0.2, -0.15) is 0 Å². The lowest BCUT2D eigenvalue weighted by molar-refractivity contribution is -0.0965. The van der Waals surface area contributed by atoms with Gasteiger partial charge in [-0.3, -0.25) is 0 Å². The van der Waals surface area contributed by atoms with E-state index in [1.807, 2.05) is 0 Å². The van der Waals surface area contributed by atoms with Crippen LogP contribution >= 0.6 is 0 Å². The van der Waals surface area contributed by atoms with E-state index in [1.54, 1.807) is 0 Å². The van der Waals surface area contributed by atoms with E-state index in [-0.39, 0.29) is 0 Å². The van der Waals surface area contributed by atoms with Gasteiger partial charge in [-0.05, 0) is 87.5 Å². The molecule has 2 nitrogen and oxygen atoms in total. The predicted octanol–water partition coefficient (Wildman–Crippen LogP) is 3.35. The van der Waals surface area contributed by atoms with E-state index in [1.165, 1.54) is 51.4 Å². The van der Waals surface area contributed by atoms with Gasteiger partial charge in [0.1, 0.15) is 0 Å². The average Bonchev–Trinajstić information content (AvgIpc) is 2.32. The van der Waals surface area contributed by atoms with E-state index in [9.17, 15) is 0 Å². The second kappa shape index (κ2) is 5.50. The Labute approximate surface area is 112 Å². The van der Waals surface area contributed by atoms with E-state index in [4.69, 9.17) is 10.5 Å². The van der Waals surface area contributed by atoms with Crippen molar-refractivity contribution in [2.24, 2.45) is 28.9 Å². The van der Waals surface area contributed by atoms with Crippen LogP contribution in [-0.4, -0.2) is 19.8 Å². The number of ether oxygens (including phenoxy) is 1. The molecule has 2 N–H and O–H groups in total. The molecule has 4 aliphatic carbocycles. The molecule has 0 saturated heterocycles. The first-order valence-corrected chi connectivity index (χ1v) is 8.07. The Morgan fingerprint density at radius 2 is 1.50 bits per heavy atom. The minimum Gasteiger partial charge on any atom is -0.381 e. The SMILES string of the molecule is NCCCCCOCC12CC3CC(CC(C3)C1)C2. The van der Waals surface area contributed by atoms with Gasteiger partial charge in [-0.25, -0.2) is 0 Å². The third-order valence-corrected chi connectivity index (χ3v) is 5.57. The molecular formula is C16H29NO. The summed E-state index contributed by atoms with van der Waals surface area (Å²) >= 11 is 0. The number of hydrogen-bond acceptors (Lipinski definition) is 2. The van der Waals surface area contributed by atoms with Crippen molar-refractivity contribution >= 4 is 0 Å². The van der Waals surface area contributed by atoms with Gasteiger partial charge < -0.3 is 10.5 Å². The van der Waals surface area contributed by atoms with Crippen LogP contribution in [0.5, 0.6) is 0 Å². The number of unbranched alkanes of at least 4 members (excludes halogenated alkanes) is 2. The topological polar surface area (TPSA) is 35.2 Å². The molecule has 4 rings (SSSR count). The van der Waals surface area contributed by atoms with Gasteiger partial charge in [-0.1, -0.05) is 0 Å². The maximum Gasteiger partial charge on any atom is 0.0522 e. The van der Waals surface area contributed by atoms with E-state index in [0.717, 1.165) is 43.9 Å². The van der Waals surface area contributed by atoms with Crippen molar-refractivity contribution in [2.75, 3.05) is 19.8 Å². The molecule has 0 radical (unpaired) electrons. The van der Waals surface area contributed by atoms with Gasteiger partial charge in [0.15, 0.2) is 0 Å². The summed E-state index contributed by atoms with van der Waals surface area (Å²) in [6.45, 7) is 2.84. The summed E-state index contributed by atoms with van der Waals surface area (Å²) in [7, 11) is 0. The van der Waals surface area contributed by atoms with Gasteiger partial charge in [-0.15, -0.1) is 0 Å². The van der Waals surface area contributed by atoms with Crippen LogP contribution in [0.1, 0.15) is 57.8 Å². The first kappa shape index (κ1) is 12.9. The number of nitrogens with two attached hydrogens (primary N) is 1. The molecule has 0 aromatic heterocycles. The highest BCUT2D eigenvalue weighted by Gasteiger charge is 2.50. The van der Waals surface area contributed by atoms with E-state index in [2.05, 4.69) is 0 Å². The molecule has 4 fully saturated rings. The quantitative estimate of drug-likeness (QED) is 0.704. The first-order chi connectivity index (χ1) is 8.80. The molecule has 18 heavy (non-hydrogen) atoms. The zero-order valence-corrected chi connectivity index (χ0v) is 11.7. The molecule has 0 heterocycles. The summed E-state index contributed by atoms with van der Waals surface area (Å²) in [5.74, 6) is 3.16. The van der Waals surface area contributed by atoms with Crippen molar-refractivity contribution in [3.05, 3.63) is 0 Å². The van der Waals surface area contributed by atoms with Gasteiger partial charge in [0.2, 0.25) is 0 Å². The summed E-state index contributed by atoms with van der Waals surface area (Å²) in [4.78, 5) is 0. The minimum atomic E-state index is 0.600. The summed E-state index contributed by atoms with van der Waals surface area (Å²) in [6.07, 6.45) is 12.6. The van der Waals surface area contributed by atoms with Gasteiger partial charge in [0.05, 0.1) is 6.61 Å². The zero-order valence-electron chi connectivity index (χ0n) is 11.7. The third-order valence-electron chi connectivity index (χ3n) is 5.57. The van der Waals surface area contributed by atoms with Crippen molar-refractivity contribution in [1.29, 1.82) is 0 Å². The zero-order chi connectivity index (χ0) is 12.4. The van der Waals surface area contributed by atoms with Crippen LogP contribution in [0.15, 0.2) is 0 Å². The molecule has 0 aromatic carbocycles. The van der Waals surface area contributed by atoms with Crippen LogP contribution in [0.4, 0.5) is 0 Å². The van der Waals surface area contributed by atoms with Gasteiger partial charge >= 0.3 is 0 Å². The highest BCUT2D eigenvalue weighted by Crippen LogP contribution is 2.59. The normalized spacial score (nSPS) is 41.5. The lowest BCUT2D eigenvalue weighted by atomic mass is 9.50. The Morgan fingerprint density at radius 3 is 2.06 bits per heavy atom. The first-order valence-electron chi connectivity index (χ1n) is 8.07. The van der Waals surface area contributed by atoms with Crippen LogP contribution in [0.25, 0.3) is 0 Å². The molecule has 0 amide bonds. The largest absolute Gasteiger partial charge is 0.381 e. The molecule has 4 bridgehead atoms. The Kier molecular flexibility index (Phi) is 3.95. The molecule has 0 unspecified atom stereocenters. The number of rotatable bonds is 7. The smallest absolute Gasteiger partial charge is 0.0522 e. The summed E-state index contributed by atoms with van der Waals surface area (Å²) in [5, 5.41) is 0. The van der Waals surface area contributed by atoms with Crippen LogP contribution in [0, 0.1) is 23.2 Å². The second-order valence-electron chi connectivity index (χ2n) is 7.32. The Bertz CT molecular complexity index is 241. The predicted molar refractivity (Wildman–Crippen MR) is 74.3 cm³/mol. The van der Waals surface area contributed by atoms with Crippen LogP contribution in [0.3, 0.4) is 0 Å². The van der Waals surface area contributed by atoms with Gasteiger partial charge in [0.25, 0.3) is 0 Å². The van der Waals surface area contributed by atoms with E-state index < -0.39 is 0 Å². The van der Waals surface area contributed by atoms with Crippen molar-refractivity contribution in [1.82, 2.24) is 0 Å². The average molecular weight is 251 g/mol. The molecule has 104 valence electrons. The van der Waals surface area contributed by atoms with E-state index in [0.29, 0.717) is 5.41 Å². The molecule has 0 atom stereocenters. The fourth-order valence-electron chi connectivity index (χ4n) is 5.28. The molecular weight excluding hydrogens is 222 g/mol. The summed E-state index contributed by atoms with van der Waals surface area (Å²) < 4.78 is 6.02. The van der Waals surface area contributed by atoms with Crippen LogP contribution < -0.4 is 5.73 Å². The Hall–Kier alpha value is -0.0800. The lowest BCUT2D eigenvalue weighted by Gasteiger charge is -2.56. The molecule has 0 aliphatic heterocycles. The monoisotopic (exact) mass is 251 g/mol. The second-order valence-corrected chi connectivity index (χ2v) is 7.32. The fourth-order valence-corrected chi connectivity index (χ4v) is 5.28. The molecule has 4 aliphatic rings. The van der Waals surface area contributed by atoms with Crippen LogP contribution in [-0.2, 0) is 4.74 Å². The Balaban J connectivity index is 1.42. The van der Waals surface area contributed by atoms with E-state index >= 15 is 0 Å². The molecule has 0 aromatic rings. The maximum absolute atomic E-state index is 6.02. The number of hydrogen-bond donors (Lipinski definition) is 1. The maximum atomic E-state index is 6.02. The summed E-state index contributed by atoms with van der Waals surface area (Å²) in [6, 6.07) is 0. The Morgan fingerprint density at radius 1 is 0.889 bits per heavy atom. The van der Waals surface area contributed by atoms with Crippen molar-refractivity contribution in [2.45, 2.75) is 57.8 Å². The summed E-state index contributed by atoms with van der Waals surface area (Å²) in [5.41, 5.74) is 6.10. The molecule has 2 heteroatoms. The highest BCUT2D eigenvalue weighted by atomic mass is 16.5. The van der Waals surface area contributed by atoms with Gasteiger partial charge in [0, 0.05) is 6.61 Å². The fraction of sp³-hybridized carbons (Fsp3) is 1.00. The standard InChI is InChI=1S/C16H29NO/c17-4-2-1-3-5-18-12-16-9-13-6-14(10-16)8-15(7-13)11-16/h13-15H,1-12,17H2. The van der Waals surface area contributed by atoms with Crippen molar-refractivity contribution in [3.63, 3.8) is 0 Å². The van der Waals surface area contributed by atoms with Crippen molar-refractivity contribution in [3.8, 4) is 0 Å². The highest BCUT2D eigenvalue weighted by molar-refractivity contribution is 5.01. The molecule has 0 spiro atoms. The minimum absolute atomic E-state index is 0.600. The molecule has 4 saturated carbocycles. The van der Waals surface area contributed by atoms with Crippen molar-refractivity contribution < 1.29 is 4.74 Å². The van der Waals surface area contributed by atoms with Crippen LogP contribution in [0.2, 0.25) is 0 Å². The third kappa shape index (κ3) is 2.75. The lowest BCUT2D eigenvalue weighted by Crippen LogP contribution is -2.48.